The summed E-state index contributed by atoms with van der Waals surface area (Å²) in [5.74, 6) is 1.26. The maximum Gasteiger partial charge on any atom is 0.249 e. The number of nitrogens with one attached hydrogen (secondary N) is 2. The highest BCUT2D eigenvalue weighted by atomic mass is 32.2. The fourth-order valence-corrected chi connectivity index (χ4v) is 6.40. The first kappa shape index (κ1) is 22.0. The van der Waals surface area contributed by atoms with E-state index in [2.05, 4.69) is 31.6 Å². The molecular weight excluding hydrogens is 460 g/mol. The van der Waals surface area contributed by atoms with Crippen LogP contribution in [0.1, 0.15) is 32.1 Å². The largest absolute Gasteiger partial charge is 0.367 e. The fourth-order valence-electron chi connectivity index (χ4n) is 4.94. The van der Waals surface area contributed by atoms with Crippen LogP contribution < -0.4 is 15.8 Å². The van der Waals surface area contributed by atoms with Gasteiger partial charge in [-0.3, -0.25) is 9.88 Å². The number of fused-ring (bicyclic) bond motifs is 3. The van der Waals surface area contributed by atoms with Crippen molar-refractivity contribution in [2.75, 3.05) is 17.2 Å². The smallest absolute Gasteiger partial charge is 0.249 e. The van der Waals surface area contributed by atoms with E-state index >= 15 is 0 Å². The van der Waals surface area contributed by atoms with Gasteiger partial charge in [0.05, 0.1) is 17.8 Å². The van der Waals surface area contributed by atoms with Crippen molar-refractivity contribution in [2.24, 2.45) is 5.14 Å². The molecule has 0 amide bonds. The van der Waals surface area contributed by atoms with Gasteiger partial charge in [-0.2, -0.15) is 5.26 Å². The van der Waals surface area contributed by atoms with Crippen LogP contribution in [-0.4, -0.2) is 52.9 Å². The SMILES string of the molecule is N#CCCN1[C@@H]2CC[C@H]1CC(Nc1nc(Nc3ncc(S(N)(=O)=O)s3)cc3ncccc13)C2. The molecule has 4 N–H and O–H groups in total. The van der Waals surface area contributed by atoms with Crippen LogP contribution in [0.25, 0.3) is 10.9 Å². The van der Waals surface area contributed by atoms with Gasteiger partial charge in [0.2, 0.25) is 10.0 Å². The van der Waals surface area contributed by atoms with E-state index in [9.17, 15) is 8.42 Å². The van der Waals surface area contributed by atoms with E-state index in [-0.39, 0.29) is 10.3 Å². The maximum atomic E-state index is 11.6. The molecule has 2 saturated heterocycles. The van der Waals surface area contributed by atoms with Crippen LogP contribution in [0.3, 0.4) is 0 Å². The first-order valence-electron chi connectivity index (χ1n) is 10.8. The number of sulfonamides is 1. The molecule has 0 aromatic carbocycles. The first-order valence-corrected chi connectivity index (χ1v) is 13.2. The summed E-state index contributed by atoms with van der Waals surface area (Å²) in [6.07, 6.45) is 7.88. The number of hydrogen-bond acceptors (Lipinski definition) is 10. The molecule has 33 heavy (non-hydrogen) atoms. The number of nitrogens with zero attached hydrogens (tertiary/aromatic N) is 5. The molecule has 172 valence electrons. The predicted octanol–water partition coefficient (Wildman–Crippen LogP) is 2.80. The second kappa shape index (κ2) is 8.83. The molecule has 3 aromatic heterocycles. The zero-order valence-electron chi connectivity index (χ0n) is 17.8. The molecule has 5 heterocycles. The molecule has 2 fully saturated rings. The highest BCUT2D eigenvalue weighted by Gasteiger charge is 2.40. The lowest BCUT2D eigenvalue weighted by Crippen LogP contribution is -2.47. The standard InChI is InChI=1S/C21H24N8O2S2/c22-6-2-8-29-14-4-5-15(29)10-13(9-14)26-20-16-3-1-7-24-17(16)11-18(27-20)28-21-25-12-19(32-21)33(23,30)31/h1,3,7,11-15H,2,4-5,8-10H2,(H2,23,30,31)(H2,25,26,27,28)/t13?,14-,15+. The Kier molecular flexibility index (Phi) is 5.88. The third-order valence-corrected chi connectivity index (χ3v) is 8.63. The van der Waals surface area contributed by atoms with E-state index in [1.165, 1.54) is 19.0 Å². The molecule has 5 rings (SSSR count). The van der Waals surface area contributed by atoms with Gasteiger partial charge in [0.25, 0.3) is 0 Å². The van der Waals surface area contributed by atoms with Crippen LogP contribution in [0.5, 0.6) is 0 Å². The highest BCUT2D eigenvalue weighted by molar-refractivity contribution is 7.91. The van der Waals surface area contributed by atoms with Crippen molar-refractivity contribution >= 4 is 49.0 Å². The van der Waals surface area contributed by atoms with E-state index in [4.69, 9.17) is 15.4 Å². The number of anilines is 3. The molecule has 0 spiro atoms. The van der Waals surface area contributed by atoms with Gasteiger partial charge in [0, 0.05) is 48.7 Å². The number of thiazole rings is 1. The molecule has 0 saturated carbocycles. The predicted molar refractivity (Wildman–Crippen MR) is 127 cm³/mol. The van der Waals surface area contributed by atoms with Crippen LogP contribution in [0.2, 0.25) is 0 Å². The molecule has 2 aliphatic heterocycles. The topological polar surface area (TPSA) is 150 Å². The lowest BCUT2D eigenvalue weighted by Gasteiger charge is -2.39. The van der Waals surface area contributed by atoms with E-state index in [1.807, 2.05) is 18.2 Å². The Labute approximate surface area is 195 Å². The van der Waals surface area contributed by atoms with Crippen LogP contribution in [0.15, 0.2) is 34.8 Å². The number of aromatic nitrogens is 3. The van der Waals surface area contributed by atoms with Gasteiger partial charge in [-0.25, -0.2) is 23.5 Å². The molecule has 10 nitrogen and oxygen atoms in total. The quantitative estimate of drug-likeness (QED) is 0.460. The molecule has 0 aliphatic carbocycles. The van der Waals surface area contributed by atoms with Crippen molar-refractivity contribution < 1.29 is 8.42 Å². The number of primary sulfonamides is 1. The average Bonchev–Trinajstić information content (AvgIpc) is 3.34. The Morgan fingerprint density at radius 2 is 2.06 bits per heavy atom. The van der Waals surface area contributed by atoms with Crippen molar-refractivity contribution in [3.05, 3.63) is 30.6 Å². The Morgan fingerprint density at radius 3 is 2.76 bits per heavy atom. The molecule has 3 aromatic rings. The molecule has 1 unspecified atom stereocenters. The second-order valence-corrected chi connectivity index (χ2v) is 11.2. The zero-order valence-corrected chi connectivity index (χ0v) is 19.4. The van der Waals surface area contributed by atoms with Gasteiger partial charge in [-0.1, -0.05) is 11.3 Å². The first-order chi connectivity index (χ1) is 15.9. The van der Waals surface area contributed by atoms with Crippen LogP contribution in [-0.2, 0) is 10.0 Å². The number of piperidine rings is 1. The number of nitrogens with two attached hydrogens (primary N) is 1. The van der Waals surface area contributed by atoms with E-state index < -0.39 is 10.0 Å². The third-order valence-electron chi connectivity index (χ3n) is 6.31. The molecule has 2 bridgehead atoms. The van der Waals surface area contributed by atoms with Crippen molar-refractivity contribution in [3.8, 4) is 6.07 Å². The van der Waals surface area contributed by atoms with Gasteiger partial charge in [0.15, 0.2) is 9.34 Å². The highest BCUT2D eigenvalue weighted by Crippen LogP contribution is 2.37. The summed E-state index contributed by atoms with van der Waals surface area (Å²) in [4.78, 5) is 15.8. The summed E-state index contributed by atoms with van der Waals surface area (Å²) in [7, 11) is -3.80. The Hall–Kier alpha value is -2.85. The number of rotatable bonds is 7. The van der Waals surface area contributed by atoms with Crippen LogP contribution >= 0.6 is 11.3 Å². The second-order valence-electron chi connectivity index (χ2n) is 8.42. The minimum Gasteiger partial charge on any atom is -0.367 e. The van der Waals surface area contributed by atoms with Crippen molar-refractivity contribution in [1.82, 2.24) is 19.9 Å². The molecule has 12 heteroatoms. The number of hydrogen-bond donors (Lipinski definition) is 3. The minimum absolute atomic E-state index is 0.0131. The zero-order chi connectivity index (χ0) is 23.0. The van der Waals surface area contributed by atoms with Gasteiger partial charge in [0.1, 0.15) is 11.6 Å². The van der Waals surface area contributed by atoms with Crippen LogP contribution in [0.4, 0.5) is 16.8 Å². The maximum absolute atomic E-state index is 11.6. The summed E-state index contributed by atoms with van der Waals surface area (Å²) in [6, 6.07) is 9.21. The molecule has 3 atom stereocenters. The summed E-state index contributed by atoms with van der Waals surface area (Å²) in [5.41, 5.74) is 0.773. The van der Waals surface area contributed by atoms with Gasteiger partial charge >= 0.3 is 0 Å². The average molecular weight is 485 g/mol. The summed E-state index contributed by atoms with van der Waals surface area (Å²) in [6.45, 7) is 0.845. The lowest BCUT2D eigenvalue weighted by atomic mass is 9.97. The molecule has 0 radical (unpaired) electrons. The number of pyridine rings is 2. The van der Waals surface area contributed by atoms with Gasteiger partial charge in [-0.05, 0) is 37.8 Å². The van der Waals surface area contributed by atoms with E-state index in [0.717, 1.165) is 47.4 Å². The Morgan fingerprint density at radius 1 is 1.27 bits per heavy atom. The van der Waals surface area contributed by atoms with E-state index in [1.54, 1.807) is 6.20 Å². The Bertz CT molecular complexity index is 1310. The minimum atomic E-state index is -3.80. The molecule has 2 aliphatic rings. The van der Waals surface area contributed by atoms with Crippen molar-refractivity contribution in [2.45, 2.75) is 54.4 Å². The summed E-state index contributed by atoms with van der Waals surface area (Å²) >= 11 is 0.953. The van der Waals surface area contributed by atoms with E-state index in [0.29, 0.717) is 29.5 Å². The summed E-state index contributed by atoms with van der Waals surface area (Å²) in [5, 5.41) is 22.2. The monoisotopic (exact) mass is 484 g/mol. The van der Waals surface area contributed by atoms with Crippen molar-refractivity contribution in [3.63, 3.8) is 0 Å². The lowest BCUT2D eigenvalue weighted by molar-refractivity contribution is 0.136. The fraction of sp³-hybridized carbons (Fsp3) is 0.429. The van der Waals surface area contributed by atoms with Gasteiger partial charge < -0.3 is 10.6 Å². The molecular formula is C21H24N8O2S2. The summed E-state index contributed by atoms with van der Waals surface area (Å²) < 4.78 is 23.1. The Balaban J connectivity index is 1.38. The number of nitriles is 1. The normalized spacial score (nSPS) is 22.8. The van der Waals surface area contributed by atoms with Crippen molar-refractivity contribution in [1.29, 1.82) is 5.26 Å². The third kappa shape index (κ3) is 4.63. The van der Waals surface area contributed by atoms with Gasteiger partial charge in [-0.15, -0.1) is 0 Å². The van der Waals surface area contributed by atoms with Crippen LogP contribution in [0, 0.1) is 11.3 Å².